The van der Waals surface area contributed by atoms with Gasteiger partial charge in [0.25, 0.3) is 5.69 Å². The van der Waals surface area contributed by atoms with E-state index < -0.39 is 4.92 Å². The van der Waals surface area contributed by atoms with Gasteiger partial charge in [-0.15, -0.1) is 0 Å². The first-order valence-electron chi connectivity index (χ1n) is 7.05. The Morgan fingerprint density at radius 2 is 2.10 bits per heavy atom. The standard InChI is InChI=1S/C15H21NO4/c1-4-15(5-2)13(17)9-14(15)20-12-8-6-7-11(10(12)3)16(18)19/h6-8,13-14,17H,4-5,9H2,1-3H3. The minimum Gasteiger partial charge on any atom is -0.489 e. The highest BCUT2D eigenvalue weighted by Gasteiger charge is 2.53. The predicted octanol–water partition coefficient (Wildman–Crippen LogP) is 3.22. The van der Waals surface area contributed by atoms with Crippen LogP contribution >= 0.6 is 0 Å². The van der Waals surface area contributed by atoms with Crippen molar-refractivity contribution >= 4 is 5.69 Å². The normalized spacial score (nSPS) is 24.0. The molecule has 110 valence electrons. The zero-order valence-electron chi connectivity index (χ0n) is 12.1. The van der Waals surface area contributed by atoms with Crippen LogP contribution in [0.15, 0.2) is 18.2 Å². The second-order valence-electron chi connectivity index (χ2n) is 5.46. The lowest BCUT2D eigenvalue weighted by atomic mass is 9.60. The maximum absolute atomic E-state index is 10.9. The first-order valence-corrected chi connectivity index (χ1v) is 7.05. The van der Waals surface area contributed by atoms with Gasteiger partial charge in [0.1, 0.15) is 11.9 Å². The van der Waals surface area contributed by atoms with Gasteiger partial charge in [0, 0.05) is 17.9 Å². The highest BCUT2D eigenvalue weighted by atomic mass is 16.6. The summed E-state index contributed by atoms with van der Waals surface area (Å²) in [7, 11) is 0. The molecule has 1 saturated carbocycles. The first kappa shape index (κ1) is 14.8. The van der Waals surface area contributed by atoms with Crippen LogP contribution in [0.2, 0.25) is 0 Å². The predicted molar refractivity (Wildman–Crippen MR) is 75.9 cm³/mol. The molecular formula is C15H21NO4. The van der Waals surface area contributed by atoms with E-state index in [-0.39, 0.29) is 23.3 Å². The van der Waals surface area contributed by atoms with Crippen molar-refractivity contribution in [2.24, 2.45) is 5.41 Å². The molecule has 5 nitrogen and oxygen atoms in total. The van der Waals surface area contributed by atoms with Gasteiger partial charge in [0.05, 0.1) is 16.6 Å². The molecule has 1 aliphatic carbocycles. The Labute approximate surface area is 118 Å². The van der Waals surface area contributed by atoms with Gasteiger partial charge < -0.3 is 9.84 Å². The number of hydrogen-bond acceptors (Lipinski definition) is 4. The maximum Gasteiger partial charge on any atom is 0.276 e. The van der Waals surface area contributed by atoms with Crippen LogP contribution in [0, 0.1) is 22.5 Å². The van der Waals surface area contributed by atoms with Gasteiger partial charge in [-0.2, -0.15) is 0 Å². The summed E-state index contributed by atoms with van der Waals surface area (Å²) < 4.78 is 5.98. The van der Waals surface area contributed by atoms with Gasteiger partial charge in [-0.25, -0.2) is 0 Å². The Morgan fingerprint density at radius 3 is 2.60 bits per heavy atom. The van der Waals surface area contributed by atoms with E-state index in [4.69, 9.17) is 4.74 Å². The van der Waals surface area contributed by atoms with Gasteiger partial charge in [0.15, 0.2) is 0 Å². The van der Waals surface area contributed by atoms with Crippen LogP contribution in [0.1, 0.15) is 38.7 Å². The van der Waals surface area contributed by atoms with E-state index in [2.05, 4.69) is 0 Å². The van der Waals surface area contributed by atoms with Crippen molar-refractivity contribution in [1.29, 1.82) is 0 Å². The molecule has 1 N–H and O–H groups in total. The fraction of sp³-hybridized carbons (Fsp3) is 0.600. The Bertz CT molecular complexity index is 511. The molecule has 0 heterocycles. The third kappa shape index (κ3) is 2.16. The number of nitrogens with zero attached hydrogens (tertiary/aromatic N) is 1. The second kappa shape index (κ2) is 5.40. The van der Waals surface area contributed by atoms with Crippen molar-refractivity contribution in [3.63, 3.8) is 0 Å². The van der Waals surface area contributed by atoms with Gasteiger partial charge >= 0.3 is 0 Å². The first-order chi connectivity index (χ1) is 9.46. The third-order valence-electron chi connectivity index (χ3n) is 4.78. The summed E-state index contributed by atoms with van der Waals surface area (Å²) in [5.41, 5.74) is 0.387. The van der Waals surface area contributed by atoms with Gasteiger partial charge in [-0.05, 0) is 25.8 Å². The quantitative estimate of drug-likeness (QED) is 0.663. The van der Waals surface area contributed by atoms with Crippen molar-refractivity contribution in [2.75, 3.05) is 0 Å². The van der Waals surface area contributed by atoms with Crippen LogP contribution in [0.5, 0.6) is 5.75 Å². The Morgan fingerprint density at radius 1 is 1.45 bits per heavy atom. The average Bonchev–Trinajstić information content (AvgIpc) is 2.41. The summed E-state index contributed by atoms with van der Waals surface area (Å²) in [6, 6.07) is 4.86. The fourth-order valence-corrected chi connectivity index (χ4v) is 3.15. The Kier molecular flexibility index (Phi) is 3.99. The van der Waals surface area contributed by atoms with Gasteiger partial charge in [-0.3, -0.25) is 10.1 Å². The lowest BCUT2D eigenvalue weighted by Crippen LogP contribution is -2.59. The van der Waals surface area contributed by atoms with E-state index in [9.17, 15) is 15.2 Å². The summed E-state index contributed by atoms with van der Waals surface area (Å²) in [5.74, 6) is 0.544. The molecule has 2 rings (SSSR count). The number of nitro benzene ring substituents is 1. The van der Waals surface area contributed by atoms with E-state index >= 15 is 0 Å². The van der Waals surface area contributed by atoms with Crippen molar-refractivity contribution < 1.29 is 14.8 Å². The van der Waals surface area contributed by atoms with E-state index in [0.717, 1.165) is 12.8 Å². The van der Waals surface area contributed by atoms with Gasteiger partial charge in [-0.1, -0.05) is 19.9 Å². The largest absolute Gasteiger partial charge is 0.489 e. The number of hydrogen-bond donors (Lipinski definition) is 1. The lowest BCUT2D eigenvalue weighted by Gasteiger charge is -2.52. The van der Waals surface area contributed by atoms with E-state index in [1.165, 1.54) is 6.07 Å². The lowest BCUT2D eigenvalue weighted by molar-refractivity contribution is -0.385. The molecule has 0 radical (unpaired) electrons. The maximum atomic E-state index is 10.9. The van der Waals surface area contributed by atoms with Crippen LogP contribution in [0.3, 0.4) is 0 Å². The van der Waals surface area contributed by atoms with Crippen LogP contribution in [0.25, 0.3) is 0 Å². The number of rotatable bonds is 5. The third-order valence-corrected chi connectivity index (χ3v) is 4.78. The van der Waals surface area contributed by atoms with Crippen molar-refractivity contribution in [1.82, 2.24) is 0 Å². The number of aliphatic hydroxyl groups excluding tert-OH is 1. The SMILES string of the molecule is CCC1(CC)C(O)CC1Oc1cccc([N+](=O)[O-])c1C. The Balaban J connectivity index is 2.23. The van der Waals surface area contributed by atoms with E-state index in [1.54, 1.807) is 19.1 Å². The molecule has 2 atom stereocenters. The summed E-state index contributed by atoms with van der Waals surface area (Å²) in [6.07, 6.45) is 1.84. The fourth-order valence-electron chi connectivity index (χ4n) is 3.15. The molecule has 20 heavy (non-hydrogen) atoms. The molecular weight excluding hydrogens is 258 g/mol. The molecule has 0 aliphatic heterocycles. The molecule has 0 saturated heterocycles. The van der Waals surface area contributed by atoms with Crippen molar-refractivity contribution in [2.45, 2.75) is 52.2 Å². The minimum atomic E-state index is -0.398. The highest BCUT2D eigenvalue weighted by molar-refractivity contribution is 5.48. The Hall–Kier alpha value is -1.62. The molecule has 0 amide bonds. The molecule has 1 aliphatic rings. The molecule has 0 aromatic heterocycles. The second-order valence-corrected chi connectivity index (χ2v) is 5.46. The number of nitro groups is 1. The van der Waals surface area contributed by atoms with E-state index in [0.29, 0.717) is 17.7 Å². The zero-order chi connectivity index (χ0) is 14.9. The number of ether oxygens (including phenoxy) is 1. The smallest absolute Gasteiger partial charge is 0.276 e. The molecule has 0 bridgehead atoms. The topological polar surface area (TPSA) is 72.6 Å². The number of aliphatic hydroxyl groups is 1. The zero-order valence-corrected chi connectivity index (χ0v) is 12.1. The van der Waals surface area contributed by atoms with E-state index in [1.807, 2.05) is 13.8 Å². The summed E-state index contributed by atoms with van der Waals surface area (Å²) in [5, 5.41) is 21.0. The minimum absolute atomic E-state index is 0.0703. The molecule has 1 aromatic carbocycles. The van der Waals surface area contributed by atoms with Crippen molar-refractivity contribution in [3.05, 3.63) is 33.9 Å². The van der Waals surface area contributed by atoms with Crippen LogP contribution < -0.4 is 4.74 Å². The summed E-state index contributed by atoms with van der Waals surface area (Å²) in [6.45, 7) is 5.78. The monoisotopic (exact) mass is 279 g/mol. The molecule has 0 spiro atoms. The molecule has 1 fully saturated rings. The highest BCUT2D eigenvalue weighted by Crippen LogP contribution is 2.49. The molecule has 1 aromatic rings. The average molecular weight is 279 g/mol. The van der Waals surface area contributed by atoms with Crippen molar-refractivity contribution in [3.8, 4) is 5.75 Å². The van der Waals surface area contributed by atoms with Crippen LogP contribution in [-0.2, 0) is 0 Å². The van der Waals surface area contributed by atoms with Gasteiger partial charge in [0.2, 0.25) is 0 Å². The number of benzene rings is 1. The molecule has 2 unspecified atom stereocenters. The van der Waals surface area contributed by atoms with Crippen LogP contribution in [-0.4, -0.2) is 22.2 Å². The summed E-state index contributed by atoms with van der Waals surface area (Å²) in [4.78, 5) is 10.5. The molecule has 5 heteroatoms. The summed E-state index contributed by atoms with van der Waals surface area (Å²) >= 11 is 0. The van der Waals surface area contributed by atoms with Crippen LogP contribution in [0.4, 0.5) is 5.69 Å².